The minimum atomic E-state index is -0.528. The van der Waals surface area contributed by atoms with Gasteiger partial charge in [0.25, 0.3) is 0 Å². The van der Waals surface area contributed by atoms with Gasteiger partial charge in [0.2, 0.25) is 11.6 Å². The molecule has 0 saturated carbocycles. The number of nitro groups is 1. The molecule has 2 N–H and O–H groups in total. The molecular weight excluding hydrogens is 254 g/mol. The van der Waals surface area contributed by atoms with Crippen LogP contribution in [0.2, 0.25) is 0 Å². The Kier molecular flexibility index (Phi) is 6.47. The Hall–Kier alpha value is -2.00. The topological polar surface area (TPSA) is 111 Å². The molecule has 0 amide bonds. The van der Waals surface area contributed by atoms with Crippen molar-refractivity contribution in [2.24, 2.45) is 0 Å². The molecule has 106 valence electrons. The smallest absolute Gasteiger partial charge is 0.353 e. The summed E-state index contributed by atoms with van der Waals surface area (Å²) in [5, 5.41) is 16.5. The van der Waals surface area contributed by atoms with Crippen molar-refractivity contribution in [3.8, 4) is 0 Å². The first-order valence-electron chi connectivity index (χ1n) is 5.68. The zero-order valence-corrected chi connectivity index (χ0v) is 10.9. The van der Waals surface area contributed by atoms with Gasteiger partial charge < -0.3 is 20.1 Å². The van der Waals surface area contributed by atoms with Crippen molar-refractivity contribution in [2.45, 2.75) is 0 Å². The summed E-state index contributed by atoms with van der Waals surface area (Å²) in [4.78, 5) is 18.1. The molecule has 0 aromatic carbocycles. The molecule has 1 aromatic rings. The lowest BCUT2D eigenvalue weighted by Gasteiger charge is -2.08. The van der Waals surface area contributed by atoms with E-state index in [0.717, 1.165) is 0 Å². The first kappa shape index (κ1) is 15.1. The second-order valence-electron chi connectivity index (χ2n) is 3.46. The minimum Gasteiger partial charge on any atom is -0.382 e. The summed E-state index contributed by atoms with van der Waals surface area (Å²) in [5.41, 5.74) is -0.179. The highest BCUT2D eigenvalue weighted by molar-refractivity contribution is 5.68. The molecule has 1 aromatic heterocycles. The molecule has 0 atom stereocenters. The molecule has 0 spiro atoms. The molecule has 0 aliphatic heterocycles. The van der Waals surface area contributed by atoms with Crippen LogP contribution in [0.3, 0.4) is 0 Å². The van der Waals surface area contributed by atoms with Gasteiger partial charge in [0.05, 0.1) is 24.7 Å². The van der Waals surface area contributed by atoms with E-state index in [-0.39, 0.29) is 17.3 Å². The third-order valence-corrected chi connectivity index (χ3v) is 2.21. The third-order valence-electron chi connectivity index (χ3n) is 2.21. The summed E-state index contributed by atoms with van der Waals surface area (Å²) < 4.78 is 10.1. The number of methoxy groups -OCH3 is 1. The van der Waals surface area contributed by atoms with Crippen LogP contribution < -0.4 is 10.6 Å². The minimum absolute atomic E-state index is 0.166. The average Bonchev–Trinajstić information content (AvgIpc) is 2.42. The van der Waals surface area contributed by atoms with E-state index in [9.17, 15) is 10.1 Å². The molecule has 0 unspecified atom stereocenters. The second kappa shape index (κ2) is 8.16. The number of hydrogen-bond donors (Lipinski definition) is 2. The maximum Gasteiger partial charge on any atom is 0.353 e. The number of anilines is 2. The fraction of sp³-hybridized carbons (Fsp3) is 0.600. The molecular formula is C10H17N5O4. The molecule has 1 heterocycles. The van der Waals surface area contributed by atoms with Gasteiger partial charge in [-0.3, -0.25) is 10.1 Å². The van der Waals surface area contributed by atoms with Crippen molar-refractivity contribution >= 4 is 17.3 Å². The number of hydrogen-bond acceptors (Lipinski definition) is 8. The number of nitrogens with zero attached hydrogens (tertiary/aromatic N) is 3. The number of rotatable bonds is 9. The van der Waals surface area contributed by atoms with E-state index in [1.165, 1.54) is 6.33 Å². The van der Waals surface area contributed by atoms with E-state index in [0.29, 0.717) is 26.4 Å². The summed E-state index contributed by atoms with van der Waals surface area (Å²) >= 11 is 0. The molecule has 0 fully saturated rings. The molecule has 0 aliphatic rings. The number of ether oxygens (including phenoxy) is 2. The van der Waals surface area contributed by atoms with Gasteiger partial charge in [-0.05, 0) is 0 Å². The highest BCUT2D eigenvalue weighted by atomic mass is 16.6. The highest BCUT2D eigenvalue weighted by Gasteiger charge is 2.21. The molecule has 9 nitrogen and oxygen atoms in total. The molecule has 0 bridgehead atoms. The fourth-order valence-corrected chi connectivity index (χ4v) is 1.35. The largest absolute Gasteiger partial charge is 0.382 e. The van der Waals surface area contributed by atoms with Crippen LogP contribution in [0.1, 0.15) is 0 Å². The molecule has 19 heavy (non-hydrogen) atoms. The summed E-state index contributed by atoms with van der Waals surface area (Å²) in [6.07, 6.45) is 1.26. The quantitative estimate of drug-likeness (QED) is 0.379. The maximum atomic E-state index is 11.0. The maximum absolute atomic E-state index is 11.0. The van der Waals surface area contributed by atoms with Crippen molar-refractivity contribution in [3.05, 3.63) is 16.4 Å². The lowest BCUT2D eigenvalue weighted by Crippen LogP contribution is -2.14. The zero-order chi connectivity index (χ0) is 14.1. The van der Waals surface area contributed by atoms with E-state index in [1.54, 1.807) is 14.2 Å². The number of nitrogens with one attached hydrogen (secondary N) is 2. The standard InChI is InChI=1S/C10H17N5O4/c1-11-9-8(15(16)17)10(14-7-13-9)12-3-4-19-6-5-18-2/h7H,3-6H2,1-2H3,(H2,11,12,13,14). The Morgan fingerprint density at radius 3 is 2.68 bits per heavy atom. The van der Waals surface area contributed by atoms with Gasteiger partial charge in [-0.15, -0.1) is 0 Å². The summed E-state index contributed by atoms with van der Waals surface area (Å²) in [5.74, 6) is 0.336. The van der Waals surface area contributed by atoms with Crippen LogP contribution >= 0.6 is 0 Å². The molecule has 0 saturated heterocycles. The second-order valence-corrected chi connectivity index (χ2v) is 3.46. The Bertz CT molecular complexity index is 415. The Morgan fingerprint density at radius 2 is 2.05 bits per heavy atom. The predicted molar refractivity (Wildman–Crippen MR) is 69.4 cm³/mol. The van der Waals surface area contributed by atoms with Crippen LogP contribution in [0.4, 0.5) is 17.3 Å². The Labute approximate surface area is 110 Å². The van der Waals surface area contributed by atoms with Crippen molar-refractivity contribution in [1.29, 1.82) is 0 Å². The van der Waals surface area contributed by atoms with E-state index in [4.69, 9.17) is 9.47 Å². The monoisotopic (exact) mass is 271 g/mol. The summed E-state index contributed by atoms with van der Waals surface area (Å²) in [6, 6.07) is 0. The number of aromatic nitrogens is 2. The van der Waals surface area contributed by atoms with Gasteiger partial charge >= 0.3 is 5.69 Å². The Balaban J connectivity index is 2.55. The molecule has 0 aliphatic carbocycles. The summed E-state index contributed by atoms with van der Waals surface area (Å²) in [6.45, 7) is 1.80. The van der Waals surface area contributed by atoms with Gasteiger partial charge in [0, 0.05) is 20.7 Å². The van der Waals surface area contributed by atoms with Crippen molar-refractivity contribution in [2.75, 3.05) is 51.2 Å². The van der Waals surface area contributed by atoms with Crippen LogP contribution in [-0.4, -0.2) is 55.4 Å². The van der Waals surface area contributed by atoms with Gasteiger partial charge in [0.1, 0.15) is 6.33 Å². The van der Waals surface area contributed by atoms with Crippen molar-refractivity contribution < 1.29 is 14.4 Å². The zero-order valence-electron chi connectivity index (χ0n) is 10.9. The van der Waals surface area contributed by atoms with Crippen LogP contribution in [-0.2, 0) is 9.47 Å². The van der Waals surface area contributed by atoms with E-state index in [1.807, 2.05) is 0 Å². The molecule has 0 radical (unpaired) electrons. The van der Waals surface area contributed by atoms with Crippen LogP contribution in [0.5, 0.6) is 0 Å². The van der Waals surface area contributed by atoms with E-state index >= 15 is 0 Å². The normalized spacial score (nSPS) is 10.2. The Morgan fingerprint density at radius 1 is 1.32 bits per heavy atom. The van der Waals surface area contributed by atoms with Crippen LogP contribution in [0.15, 0.2) is 6.33 Å². The van der Waals surface area contributed by atoms with E-state index < -0.39 is 4.92 Å². The average molecular weight is 271 g/mol. The lowest BCUT2D eigenvalue weighted by atomic mass is 10.4. The SMILES string of the molecule is CNc1ncnc(NCCOCCOC)c1[N+](=O)[O-]. The van der Waals surface area contributed by atoms with Gasteiger partial charge in [0.15, 0.2) is 0 Å². The van der Waals surface area contributed by atoms with Crippen molar-refractivity contribution in [1.82, 2.24) is 9.97 Å². The fourth-order valence-electron chi connectivity index (χ4n) is 1.35. The third kappa shape index (κ3) is 4.64. The molecule has 9 heteroatoms. The van der Waals surface area contributed by atoms with E-state index in [2.05, 4.69) is 20.6 Å². The predicted octanol–water partition coefficient (Wildman–Crippen LogP) is 0.501. The molecule has 1 rings (SSSR count). The lowest BCUT2D eigenvalue weighted by molar-refractivity contribution is -0.383. The van der Waals surface area contributed by atoms with Crippen molar-refractivity contribution in [3.63, 3.8) is 0 Å². The van der Waals surface area contributed by atoms with Crippen LogP contribution in [0, 0.1) is 10.1 Å². The van der Waals surface area contributed by atoms with Gasteiger partial charge in [-0.2, -0.15) is 0 Å². The van der Waals surface area contributed by atoms with Gasteiger partial charge in [-0.1, -0.05) is 0 Å². The first-order chi connectivity index (χ1) is 9.20. The van der Waals surface area contributed by atoms with Crippen LogP contribution in [0.25, 0.3) is 0 Å². The first-order valence-corrected chi connectivity index (χ1v) is 5.68. The highest BCUT2D eigenvalue weighted by Crippen LogP contribution is 2.27. The summed E-state index contributed by atoms with van der Waals surface area (Å²) in [7, 11) is 3.15. The van der Waals surface area contributed by atoms with Gasteiger partial charge in [-0.25, -0.2) is 9.97 Å².